The van der Waals surface area contributed by atoms with Crippen molar-refractivity contribution in [2.45, 2.75) is 32.4 Å². The molecule has 0 spiro atoms. The Morgan fingerprint density at radius 2 is 2.10 bits per heavy atom. The van der Waals surface area contributed by atoms with Gasteiger partial charge in [0.2, 0.25) is 0 Å². The van der Waals surface area contributed by atoms with E-state index in [0.717, 1.165) is 28.0 Å². The van der Waals surface area contributed by atoms with Crippen LogP contribution in [-0.2, 0) is 4.74 Å². The fraction of sp³-hybridized carbons (Fsp3) is 0.533. The molecule has 108 valence electrons. The number of aromatic amines is 1. The lowest BCUT2D eigenvalue weighted by atomic mass is 9.64. The summed E-state index contributed by atoms with van der Waals surface area (Å²) >= 11 is 5.51. The number of aromatic nitrogens is 2. The smallest absolute Gasteiger partial charge is 0.178 e. The summed E-state index contributed by atoms with van der Waals surface area (Å²) in [4.78, 5) is 3.28. The van der Waals surface area contributed by atoms with Crippen molar-refractivity contribution in [2.24, 2.45) is 5.41 Å². The third kappa shape index (κ3) is 1.80. The van der Waals surface area contributed by atoms with Crippen LogP contribution >= 0.6 is 12.2 Å². The number of hydrogen-bond donors (Lipinski definition) is 1. The van der Waals surface area contributed by atoms with E-state index in [-0.39, 0.29) is 11.5 Å². The van der Waals surface area contributed by atoms with Gasteiger partial charge in [-0.1, -0.05) is 13.8 Å². The van der Waals surface area contributed by atoms with Gasteiger partial charge in [0.05, 0.1) is 24.2 Å². The molecule has 0 radical (unpaired) electrons. The summed E-state index contributed by atoms with van der Waals surface area (Å²) in [5.74, 6) is 0.837. The van der Waals surface area contributed by atoms with Gasteiger partial charge in [-0.05, 0) is 30.8 Å². The number of fused-ring (bicyclic) bond motifs is 1. The number of hydrogen-bond acceptors (Lipinski definition) is 3. The minimum atomic E-state index is 0.0853. The predicted octanol–water partition coefficient (Wildman–Crippen LogP) is 3.69. The summed E-state index contributed by atoms with van der Waals surface area (Å²) in [7, 11) is 3.45. The van der Waals surface area contributed by atoms with Gasteiger partial charge >= 0.3 is 0 Å². The first-order valence-electron chi connectivity index (χ1n) is 6.80. The Morgan fingerprint density at radius 1 is 1.35 bits per heavy atom. The third-order valence-electron chi connectivity index (χ3n) is 4.65. The van der Waals surface area contributed by atoms with Crippen molar-refractivity contribution in [1.29, 1.82) is 0 Å². The van der Waals surface area contributed by atoms with E-state index in [0.29, 0.717) is 6.04 Å². The van der Waals surface area contributed by atoms with Gasteiger partial charge in [0.25, 0.3) is 0 Å². The fourth-order valence-electron chi connectivity index (χ4n) is 3.25. The molecule has 2 unspecified atom stereocenters. The van der Waals surface area contributed by atoms with Crippen molar-refractivity contribution in [3.63, 3.8) is 0 Å². The molecular weight excluding hydrogens is 272 g/mol. The van der Waals surface area contributed by atoms with Gasteiger partial charge in [-0.2, -0.15) is 0 Å². The van der Waals surface area contributed by atoms with Crippen LogP contribution in [0.15, 0.2) is 18.2 Å². The maximum Gasteiger partial charge on any atom is 0.178 e. The molecule has 1 heterocycles. The fourth-order valence-corrected chi connectivity index (χ4v) is 3.58. The predicted molar refractivity (Wildman–Crippen MR) is 81.9 cm³/mol. The highest BCUT2D eigenvalue weighted by Gasteiger charge is 2.50. The van der Waals surface area contributed by atoms with Gasteiger partial charge in [0.1, 0.15) is 5.75 Å². The van der Waals surface area contributed by atoms with Gasteiger partial charge in [-0.15, -0.1) is 0 Å². The second kappa shape index (κ2) is 4.60. The Hall–Kier alpha value is -1.33. The molecule has 1 N–H and O–H groups in total. The minimum Gasteiger partial charge on any atom is -0.497 e. The number of methoxy groups -OCH3 is 2. The molecule has 1 saturated carbocycles. The number of rotatable bonds is 3. The molecule has 4 nitrogen and oxygen atoms in total. The van der Waals surface area contributed by atoms with Crippen molar-refractivity contribution in [2.75, 3.05) is 14.2 Å². The van der Waals surface area contributed by atoms with Gasteiger partial charge in [-0.25, -0.2) is 0 Å². The number of ether oxygens (including phenoxy) is 2. The first kappa shape index (κ1) is 13.6. The average molecular weight is 292 g/mol. The zero-order valence-corrected chi connectivity index (χ0v) is 13.1. The first-order chi connectivity index (χ1) is 9.48. The van der Waals surface area contributed by atoms with Crippen molar-refractivity contribution in [3.8, 4) is 5.75 Å². The summed E-state index contributed by atoms with van der Waals surface area (Å²) in [6, 6.07) is 6.39. The summed E-state index contributed by atoms with van der Waals surface area (Å²) < 4.78 is 13.8. The van der Waals surface area contributed by atoms with Crippen LogP contribution in [0.1, 0.15) is 26.3 Å². The minimum absolute atomic E-state index is 0.0853. The number of benzene rings is 1. The normalized spacial score (nSPS) is 24.6. The lowest BCUT2D eigenvalue weighted by Crippen LogP contribution is -2.51. The molecule has 5 heteroatoms. The van der Waals surface area contributed by atoms with Crippen LogP contribution in [0.3, 0.4) is 0 Å². The summed E-state index contributed by atoms with van der Waals surface area (Å²) in [6.07, 6.45) is 1.29. The molecule has 0 saturated heterocycles. The lowest BCUT2D eigenvalue weighted by molar-refractivity contribution is -0.111. The zero-order valence-electron chi connectivity index (χ0n) is 12.3. The average Bonchev–Trinajstić information content (AvgIpc) is 2.73. The molecule has 0 amide bonds. The highest BCUT2D eigenvalue weighted by molar-refractivity contribution is 7.71. The quantitative estimate of drug-likeness (QED) is 0.877. The van der Waals surface area contributed by atoms with Crippen molar-refractivity contribution in [1.82, 2.24) is 9.55 Å². The monoisotopic (exact) mass is 292 g/mol. The molecule has 1 aromatic heterocycles. The largest absolute Gasteiger partial charge is 0.497 e. The van der Waals surface area contributed by atoms with Crippen LogP contribution < -0.4 is 4.74 Å². The van der Waals surface area contributed by atoms with Crippen molar-refractivity contribution in [3.05, 3.63) is 23.0 Å². The van der Waals surface area contributed by atoms with Crippen molar-refractivity contribution >= 4 is 23.3 Å². The molecule has 3 rings (SSSR count). The van der Waals surface area contributed by atoms with Crippen molar-refractivity contribution < 1.29 is 9.47 Å². The van der Waals surface area contributed by atoms with E-state index in [1.54, 1.807) is 14.2 Å². The SMILES string of the molecule is COc1ccc2c(c1)[nH]c(=S)n2C1CC(OC)C1(C)C. The van der Waals surface area contributed by atoms with Crippen LogP contribution in [-0.4, -0.2) is 29.9 Å². The lowest BCUT2D eigenvalue weighted by Gasteiger charge is -2.51. The van der Waals surface area contributed by atoms with Crippen LogP contribution in [0.5, 0.6) is 5.75 Å². The third-order valence-corrected chi connectivity index (χ3v) is 4.94. The van der Waals surface area contributed by atoms with E-state index in [9.17, 15) is 0 Å². The number of nitrogens with zero attached hydrogens (tertiary/aromatic N) is 1. The van der Waals surface area contributed by atoms with Crippen LogP contribution in [0.25, 0.3) is 11.0 Å². The zero-order chi connectivity index (χ0) is 14.5. The maximum atomic E-state index is 5.54. The molecule has 1 fully saturated rings. The molecular formula is C15H20N2O2S. The Morgan fingerprint density at radius 3 is 2.70 bits per heavy atom. The van der Waals surface area contributed by atoms with Crippen LogP contribution in [0, 0.1) is 10.2 Å². The molecule has 2 aromatic rings. The maximum absolute atomic E-state index is 5.54. The second-order valence-electron chi connectivity index (χ2n) is 5.98. The van der Waals surface area contributed by atoms with E-state index in [1.165, 1.54) is 0 Å². The molecule has 0 bridgehead atoms. The molecule has 1 aliphatic rings. The van der Waals surface area contributed by atoms with Crippen LogP contribution in [0.4, 0.5) is 0 Å². The molecule has 2 atom stereocenters. The Labute approximate surface area is 123 Å². The second-order valence-corrected chi connectivity index (χ2v) is 6.37. The molecule has 1 aliphatic carbocycles. The van der Waals surface area contributed by atoms with E-state index in [2.05, 4.69) is 29.5 Å². The Bertz CT molecular complexity index is 701. The van der Waals surface area contributed by atoms with E-state index in [1.807, 2.05) is 12.1 Å². The van der Waals surface area contributed by atoms with E-state index >= 15 is 0 Å². The number of H-pyrrole nitrogens is 1. The first-order valence-corrected chi connectivity index (χ1v) is 7.21. The van der Waals surface area contributed by atoms with Gasteiger partial charge < -0.3 is 19.0 Å². The summed E-state index contributed by atoms with van der Waals surface area (Å²) in [5.41, 5.74) is 2.23. The van der Waals surface area contributed by atoms with Gasteiger partial charge in [0, 0.05) is 24.6 Å². The van der Waals surface area contributed by atoms with Gasteiger partial charge in [0.15, 0.2) is 4.77 Å². The molecule has 0 aliphatic heterocycles. The van der Waals surface area contributed by atoms with E-state index < -0.39 is 0 Å². The Kier molecular flexibility index (Phi) is 3.14. The summed E-state index contributed by atoms with van der Waals surface area (Å²) in [6.45, 7) is 4.47. The summed E-state index contributed by atoms with van der Waals surface area (Å²) in [5, 5.41) is 0. The molecule has 20 heavy (non-hydrogen) atoms. The molecule has 1 aromatic carbocycles. The number of imidazole rings is 1. The van der Waals surface area contributed by atoms with Gasteiger partial charge in [-0.3, -0.25) is 0 Å². The highest BCUT2D eigenvalue weighted by Crippen LogP contribution is 2.52. The Balaban J connectivity index is 2.09. The standard InChI is InChI=1S/C15H20N2O2S/c1-15(2)12(8-13(15)19-4)17-11-6-5-9(18-3)7-10(11)16-14(17)20/h5-7,12-13H,8H2,1-4H3,(H,16,20). The number of nitrogens with one attached hydrogen (secondary N) is 1. The highest BCUT2D eigenvalue weighted by atomic mass is 32.1. The van der Waals surface area contributed by atoms with Crippen LogP contribution in [0.2, 0.25) is 0 Å². The topological polar surface area (TPSA) is 39.2 Å². The van der Waals surface area contributed by atoms with E-state index in [4.69, 9.17) is 21.7 Å².